The van der Waals surface area contributed by atoms with E-state index in [9.17, 15) is 14.0 Å². The number of hydrazone groups is 1. The van der Waals surface area contributed by atoms with Gasteiger partial charge in [0.1, 0.15) is 24.7 Å². The second-order valence-electron chi connectivity index (χ2n) is 6.55. The number of fused-ring (bicyclic) bond motifs is 1. The lowest BCUT2D eigenvalue weighted by molar-refractivity contribution is -0.139. The normalized spacial score (nSPS) is 21.0. The number of rotatable bonds is 4. The van der Waals surface area contributed by atoms with Gasteiger partial charge < -0.3 is 5.32 Å². The van der Waals surface area contributed by atoms with Crippen molar-refractivity contribution in [1.82, 2.24) is 15.4 Å². The van der Waals surface area contributed by atoms with Crippen molar-refractivity contribution in [3.05, 3.63) is 64.9 Å². The molecule has 2 atom stereocenters. The third-order valence-electron chi connectivity index (χ3n) is 4.67. The van der Waals surface area contributed by atoms with E-state index in [4.69, 9.17) is 11.6 Å². The Bertz CT molecular complexity index is 936. The van der Waals surface area contributed by atoms with Crippen LogP contribution in [0.4, 0.5) is 10.1 Å². The second kappa shape index (κ2) is 7.57. The van der Waals surface area contributed by atoms with Gasteiger partial charge in [0.05, 0.1) is 11.7 Å². The van der Waals surface area contributed by atoms with Gasteiger partial charge in [0.2, 0.25) is 5.91 Å². The number of nitrogens with zero attached hydrogens (tertiary/aromatic N) is 3. The SMILES string of the molecule is O=C(CN1N=CN2NC(c3ccc(Cl)cc3)CC2C1=O)Nc1ccccc1F. The van der Waals surface area contributed by atoms with Crippen LogP contribution in [0.1, 0.15) is 18.0 Å². The van der Waals surface area contributed by atoms with Gasteiger partial charge in [-0.25, -0.2) is 14.8 Å². The maximum atomic E-state index is 13.7. The lowest BCUT2D eigenvalue weighted by atomic mass is 10.0. The first-order valence-electron chi connectivity index (χ1n) is 8.71. The minimum Gasteiger partial charge on any atom is -0.322 e. The Hall–Kier alpha value is -2.97. The summed E-state index contributed by atoms with van der Waals surface area (Å²) in [4.78, 5) is 24.9. The molecule has 2 heterocycles. The van der Waals surface area contributed by atoms with Gasteiger partial charge in [-0.3, -0.25) is 14.6 Å². The van der Waals surface area contributed by atoms with Gasteiger partial charge in [-0.15, -0.1) is 0 Å². The van der Waals surface area contributed by atoms with Crippen molar-refractivity contribution in [1.29, 1.82) is 0 Å². The smallest absolute Gasteiger partial charge is 0.267 e. The fraction of sp³-hybridized carbons (Fsp3) is 0.211. The van der Waals surface area contributed by atoms with E-state index in [1.54, 1.807) is 23.2 Å². The average Bonchev–Trinajstić information content (AvgIpc) is 3.12. The summed E-state index contributed by atoms with van der Waals surface area (Å²) in [7, 11) is 0. The first-order chi connectivity index (χ1) is 13.5. The van der Waals surface area contributed by atoms with Crippen molar-refractivity contribution in [2.24, 2.45) is 5.10 Å². The molecule has 0 saturated carbocycles. The lowest BCUT2D eigenvalue weighted by Crippen LogP contribution is -2.52. The van der Waals surface area contributed by atoms with Crippen LogP contribution in [-0.2, 0) is 9.59 Å². The number of carbonyl (C=O) groups excluding carboxylic acids is 2. The molecular formula is C19H17ClFN5O2. The summed E-state index contributed by atoms with van der Waals surface area (Å²) in [6.07, 6.45) is 2.01. The molecule has 2 N–H and O–H groups in total. The summed E-state index contributed by atoms with van der Waals surface area (Å²) < 4.78 is 13.7. The number of carbonyl (C=O) groups is 2. The Morgan fingerprint density at radius 1 is 1.25 bits per heavy atom. The number of hydrazine groups is 1. The average molecular weight is 402 g/mol. The van der Waals surface area contributed by atoms with E-state index in [0.717, 1.165) is 10.6 Å². The molecule has 2 aliphatic rings. The molecular weight excluding hydrogens is 385 g/mol. The molecule has 28 heavy (non-hydrogen) atoms. The first kappa shape index (κ1) is 18.4. The molecule has 9 heteroatoms. The highest BCUT2D eigenvalue weighted by atomic mass is 35.5. The molecule has 0 aromatic heterocycles. The summed E-state index contributed by atoms with van der Waals surface area (Å²) in [5.74, 6) is -1.36. The molecule has 1 saturated heterocycles. The van der Waals surface area contributed by atoms with Crippen molar-refractivity contribution in [3.63, 3.8) is 0 Å². The van der Waals surface area contributed by atoms with Gasteiger partial charge in [0.25, 0.3) is 5.91 Å². The molecule has 2 amide bonds. The van der Waals surface area contributed by atoms with Crippen LogP contribution < -0.4 is 10.7 Å². The van der Waals surface area contributed by atoms with Crippen LogP contribution in [0, 0.1) is 5.82 Å². The Balaban J connectivity index is 1.40. The van der Waals surface area contributed by atoms with Crippen LogP contribution in [0.2, 0.25) is 5.02 Å². The van der Waals surface area contributed by atoms with Gasteiger partial charge in [-0.05, 0) is 36.2 Å². The van der Waals surface area contributed by atoms with Gasteiger partial charge in [0.15, 0.2) is 0 Å². The second-order valence-corrected chi connectivity index (χ2v) is 6.98. The number of halogens is 2. The van der Waals surface area contributed by atoms with Gasteiger partial charge in [0, 0.05) is 5.02 Å². The third-order valence-corrected chi connectivity index (χ3v) is 4.92. The molecule has 1 fully saturated rings. The predicted octanol–water partition coefficient (Wildman–Crippen LogP) is 2.52. The van der Waals surface area contributed by atoms with Crippen LogP contribution in [0.5, 0.6) is 0 Å². The van der Waals surface area contributed by atoms with Gasteiger partial charge >= 0.3 is 0 Å². The molecule has 0 radical (unpaired) electrons. The van der Waals surface area contributed by atoms with Gasteiger partial charge in [-0.1, -0.05) is 35.9 Å². The summed E-state index contributed by atoms with van der Waals surface area (Å²) in [6, 6.07) is 12.7. The number of para-hydroxylation sites is 1. The molecule has 0 aliphatic carbocycles. The minimum absolute atomic E-state index is 0.0629. The van der Waals surface area contributed by atoms with Crippen LogP contribution >= 0.6 is 11.6 Å². The molecule has 0 bridgehead atoms. The number of amides is 2. The van der Waals surface area contributed by atoms with E-state index in [1.165, 1.54) is 24.5 Å². The summed E-state index contributed by atoms with van der Waals surface area (Å²) >= 11 is 5.92. The quantitative estimate of drug-likeness (QED) is 0.825. The van der Waals surface area contributed by atoms with Gasteiger partial charge in [-0.2, -0.15) is 5.10 Å². The maximum Gasteiger partial charge on any atom is 0.267 e. The summed E-state index contributed by atoms with van der Waals surface area (Å²) in [5, 5.41) is 9.89. The zero-order valence-corrected chi connectivity index (χ0v) is 15.4. The van der Waals surface area contributed by atoms with E-state index in [0.29, 0.717) is 11.4 Å². The molecule has 4 rings (SSSR count). The van der Waals surface area contributed by atoms with E-state index in [1.807, 2.05) is 12.1 Å². The van der Waals surface area contributed by atoms with Crippen molar-refractivity contribution in [3.8, 4) is 0 Å². The fourth-order valence-electron chi connectivity index (χ4n) is 3.25. The van der Waals surface area contributed by atoms with E-state index < -0.39 is 17.8 Å². The Labute approximate surface area is 165 Å². The molecule has 144 valence electrons. The van der Waals surface area contributed by atoms with Crippen molar-refractivity contribution >= 4 is 35.4 Å². The van der Waals surface area contributed by atoms with Crippen LogP contribution in [0.25, 0.3) is 0 Å². The molecule has 2 aliphatic heterocycles. The maximum absolute atomic E-state index is 13.7. The highest BCUT2D eigenvalue weighted by Crippen LogP contribution is 2.30. The number of hydrogen-bond donors (Lipinski definition) is 2. The van der Waals surface area contributed by atoms with E-state index in [2.05, 4.69) is 15.8 Å². The van der Waals surface area contributed by atoms with E-state index >= 15 is 0 Å². The first-order valence-corrected chi connectivity index (χ1v) is 9.09. The zero-order valence-electron chi connectivity index (χ0n) is 14.7. The minimum atomic E-state index is -0.540. The number of hydrogen-bond acceptors (Lipinski definition) is 5. The van der Waals surface area contributed by atoms with Crippen molar-refractivity contribution < 1.29 is 14.0 Å². The third kappa shape index (κ3) is 3.69. The van der Waals surface area contributed by atoms with E-state index in [-0.39, 0.29) is 24.2 Å². The summed E-state index contributed by atoms with van der Waals surface area (Å²) in [5.41, 5.74) is 4.29. The highest BCUT2D eigenvalue weighted by molar-refractivity contribution is 6.30. The number of nitrogens with one attached hydrogen (secondary N) is 2. The van der Waals surface area contributed by atoms with Crippen LogP contribution in [0.15, 0.2) is 53.6 Å². The predicted molar refractivity (Wildman–Crippen MR) is 103 cm³/mol. The van der Waals surface area contributed by atoms with Crippen LogP contribution in [-0.4, -0.2) is 40.8 Å². The Morgan fingerprint density at radius 2 is 2.00 bits per heavy atom. The lowest BCUT2D eigenvalue weighted by Gasteiger charge is -2.29. The molecule has 0 spiro atoms. The molecule has 2 unspecified atom stereocenters. The standard InChI is InChI=1S/C19H17ClFN5O2/c20-13-7-5-12(6-8-13)16-9-17-19(28)25(22-11-26(17)24-16)10-18(27)23-15-4-2-1-3-14(15)21/h1-8,11,16-17,24H,9-10H2,(H,23,27). The highest BCUT2D eigenvalue weighted by Gasteiger charge is 2.41. The monoisotopic (exact) mass is 401 g/mol. The number of benzene rings is 2. The number of anilines is 1. The Kier molecular flexibility index (Phi) is 4.97. The molecule has 2 aromatic carbocycles. The zero-order chi connectivity index (χ0) is 19.7. The Morgan fingerprint density at radius 3 is 2.75 bits per heavy atom. The molecule has 2 aromatic rings. The largest absolute Gasteiger partial charge is 0.322 e. The van der Waals surface area contributed by atoms with Crippen molar-refractivity contribution in [2.75, 3.05) is 11.9 Å². The topological polar surface area (TPSA) is 77.0 Å². The summed E-state index contributed by atoms with van der Waals surface area (Å²) in [6.45, 7) is -0.292. The van der Waals surface area contributed by atoms with Crippen LogP contribution in [0.3, 0.4) is 0 Å². The fourth-order valence-corrected chi connectivity index (χ4v) is 3.38. The molecule has 7 nitrogen and oxygen atoms in total. The van der Waals surface area contributed by atoms with Crippen molar-refractivity contribution in [2.45, 2.75) is 18.5 Å².